The number of ether oxygens (including phenoxy) is 1. The number of pyridine rings is 1. The van der Waals surface area contributed by atoms with Crippen LogP contribution in [-0.2, 0) is 4.74 Å². The van der Waals surface area contributed by atoms with Crippen LogP contribution >= 0.6 is 0 Å². The lowest BCUT2D eigenvalue weighted by Crippen LogP contribution is -2.03. The Morgan fingerprint density at radius 1 is 1.11 bits per heavy atom. The maximum atomic E-state index is 11.7. The van der Waals surface area contributed by atoms with Gasteiger partial charge in [-0.25, -0.2) is 19.7 Å². The summed E-state index contributed by atoms with van der Waals surface area (Å²) in [5.41, 5.74) is 4.58. The molecule has 0 aliphatic heterocycles. The number of imidazole rings is 1. The Bertz CT molecular complexity index is 1140. The normalized spacial score (nSPS) is 10.7. The first-order chi connectivity index (χ1) is 13.2. The summed E-state index contributed by atoms with van der Waals surface area (Å²) >= 11 is 0. The highest BCUT2D eigenvalue weighted by Gasteiger charge is 2.13. The number of aryl methyl sites for hydroxylation is 1. The molecule has 134 valence electrons. The molecule has 0 unspecified atom stereocenters. The van der Waals surface area contributed by atoms with Crippen LogP contribution in [0.2, 0.25) is 0 Å². The monoisotopic (exact) mass is 359 g/mol. The lowest BCUT2D eigenvalue weighted by Gasteiger charge is -2.08. The van der Waals surface area contributed by atoms with Gasteiger partial charge in [-0.1, -0.05) is 12.1 Å². The third-order valence-electron chi connectivity index (χ3n) is 4.14. The van der Waals surface area contributed by atoms with E-state index in [9.17, 15) is 4.79 Å². The summed E-state index contributed by atoms with van der Waals surface area (Å²) in [6.45, 7) is 1.96. The van der Waals surface area contributed by atoms with E-state index in [-0.39, 0.29) is 0 Å². The first-order valence-electron chi connectivity index (χ1n) is 8.38. The average Bonchev–Trinajstić information content (AvgIpc) is 3.03. The van der Waals surface area contributed by atoms with Crippen LogP contribution in [0.4, 0.5) is 11.6 Å². The van der Waals surface area contributed by atoms with Gasteiger partial charge in [0.15, 0.2) is 0 Å². The molecule has 3 aromatic heterocycles. The van der Waals surface area contributed by atoms with E-state index in [4.69, 9.17) is 4.74 Å². The van der Waals surface area contributed by atoms with Crippen molar-refractivity contribution in [3.63, 3.8) is 0 Å². The van der Waals surface area contributed by atoms with Crippen molar-refractivity contribution < 1.29 is 9.53 Å². The van der Waals surface area contributed by atoms with Gasteiger partial charge in [0.25, 0.3) is 0 Å². The molecule has 7 nitrogen and oxygen atoms in total. The number of benzene rings is 1. The number of fused-ring (bicyclic) bond motifs is 1. The molecule has 1 N–H and O–H groups in total. The van der Waals surface area contributed by atoms with Gasteiger partial charge in [-0.2, -0.15) is 0 Å². The Balaban J connectivity index is 1.69. The highest BCUT2D eigenvalue weighted by Crippen LogP contribution is 2.24. The number of hydrogen-bond acceptors (Lipinski definition) is 6. The van der Waals surface area contributed by atoms with E-state index in [0.717, 1.165) is 22.7 Å². The molecule has 4 rings (SSSR count). The summed E-state index contributed by atoms with van der Waals surface area (Å²) in [6, 6.07) is 14.7. The van der Waals surface area contributed by atoms with E-state index in [1.54, 1.807) is 24.4 Å². The number of anilines is 2. The fourth-order valence-corrected chi connectivity index (χ4v) is 2.94. The molecule has 0 saturated heterocycles. The summed E-state index contributed by atoms with van der Waals surface area (Å²) in [4.78, 5) is 25.2. The SMILES string of the molecule is COC(=O)c1cccc(Nc2nccc(-c3c(C)nc4ccccn34)n2)c1. The number of aromatic nitrogens is 4. The van der Waals surface area contributed by atoms with Crippen LogP contribution in [-0.4, -0.2) is 32.4 Å². The topological polar surface area (TPSA) is 81.4 Å². The van der Waals surface area contributed by atoms with Crippen molar-refractivity contribution in [1.29, 1.82) is 0 Å². The Morgan fingerprint density at radius 2 is 2.00 bits per heavy atom. The van der Waals surface area contributed by atoms with Crippen molar-refractivity contribution in [1.82, 2.24) is 19.4 Å². The molecular weight excluding hydrogens is 342 g/mol. The predicted molar refractivity (Wildman–Crippen MR) is 102 cm³/mol. The van der Waals surface area contributed by atoms with Crippen LogP contribution in [0.1, 0.15) is 16.1 Å². The molecular formula is C20H17N5O2. The van der Waals surface area contributed by atoms with Crippen LogP contribution < -0.4 is 5.32 Å². The molecule has 0 fully saturated rings. The molecule has 0 amide bonds. The smallest absolute Gasteiger partial charge is 0.337 e. The molecule has 0 saturated carbocycles. The summed E-state index contributed by atoms with van der Waals surface area (Å²) in [7, 11) is 1.35. The molecule has 7 heteroatoms. The zero-order valence-corrected chi connectivity index (χ0v) is 14.9. The number of nitrogens with one attached hydrogen (secondary N) is 1. The molecule has 0 aliphatic rings. The van der Waals surface area contributed by atoms with Crippen molar-refractivity contribution in [3.8, 4) is 11.4 Å². The lowest BCUT2D eigenvalue weighted by atomic mass is 10.2. The Labute approximate surface area is 155 Å². The van der Waals surface area contributed by atoms with Crippen molar-refractivity contribution in [2.75, 3.05) is 12.4 Å². The van der Waals surface area contributed by atoms with Crippen molar-refractivity contribution >= 4 is 23.3 Å². The van der Waals surface area contributed by atoms with Crippen LogP contribution in [0, 0.1) is 6.92 Å². The van der Waals surface area contributed by atoms with Crippen molar-refractivity contribution in [3.05, 3.63) is 72.2 Å². The Hall–Kier alpha value is -3.74. The number of nitrogens with zero attached hydrogens (tertiary/aromatic N) is 4. The quantitative estimate of drug-likeness (QED) is 0.560. The summed E-state index contributed by atoms with van der Waals surface area (Å²) in [5.74, 6) is 0.0365. The second kappa shape index (κ2) is 6.87. The zero-order valence-electron chi connectivity index (χ0n) is 14.9. The number of rotatable bonds is 4. The van der Waals surface area contributed by atoms with Gasteiger partial charge in [0.05, 0.1) is 29.8 Å². The zero-order chi connectivity index (χ0) is 18.8. The minimum Gasteiger partial charge on any atom is -0.465 e. The molecule has 0 radical (unpaired) electrons. The van der Waals surface area contributed by atoms with E-state index in [1.807, 2.05) is 47.9 Å². The fourth-order valence-electron chi connectivity index (χ4n) is 2.94. The van der Waals surface area contributed by atoms with Gasteiger partial charge in [0.2, 0.25) is 5.95 Å². The molecule has 0 bridgehead atoms. The Morgan fingerprint density at radius 3 is 2.85 bits per heavy atom. The number of esters is 1. The van der Waals surface area contributed by atoms with Gasteiger partial charge in [-0.05, 0) is 43.3 Å². The highest BCUT2D eigenvalue weighted by molar-refractivity contribution is 5.90. The van der Waals surface area contributed by atoms with E-state index in [2.05, 4.69) is 20.3 Å². The van der Waals surface area contributed by atoms with E-state index in [1.165, 1.54) is 7.11 Å². The molecule has 0 aliphatic carbocycles. The van der Waals surface area contributed by atoms with E-state index in [0.29, 0.717) is 17.2 Å². The molecule has 3 heterocycles. The maximum absolute atomic E-state index is 11.7. The number of carbonyl (C=O) groups is 1. The third-order valence-corrected chi connectivity index (χ3v) is 4.14. The molecule has 27 heavy (non-hydrogen) atoms. The molecule has 4 aromatic rings. The second-order valence-electron chi connectivity index (χ2n) is 5.94. The van der Waals surface area contributed by atoms with Crippen molar-refractivity contribution in [2.24, 2.45) is 0 Å². The first kappa shape index (κ1) is 16.7. The fraction of sp³-hybridized carbons (Fsp3) is 0.100. The van der Waals surface area contributed by atoms with Crippen LogP contribution in [0.5, 0.6) is 0 Å². The van der Waals surface area contributed by atoms with Gasteiger partial charge < -0.3 is 10.1 Å². The standard InChI is InChI=1S/C20H17N5O2/c1-13-18(25-11-4-3-8-17(25)22-13)16-9-10-21-20(24-16)23-15-7-5-6-14(12-15)19(26)27-2/h3-12H,1-2H3,(H,21,23,24). The van der Waals surface area contributed by atoms with Crippen molar-refractivity contribution in [2.45, 2.75) is 6.92 Å². The number of methoxy groups -OCH3 is 1. The summed E-state index contributed by atoms with van der Waals surface area (Å²) in [6.07, 6.45) is 3.65. The van der Waals surface area contributed by atoms with Gasteiger partial charge in [0.1, 0.15) is 5.65 Å². The lowest BCUT2D eigenvalue weighted by molar-refractivity contribution is 0.0601. The number of carbonyl (C=O) groups excluding carboxylic acids is 1. The van der Waals surface area contributed by atoms with Crippen LogP contribution in [0.25, 0.3) is 17.0 Å². The van der Waals surface area contributed by atoms with Gasteiger partial charge in [-0.3, -0.25) is 4.40 Å². The summed E-state index contributed by atoms with van der Waals surface area (Å²) in [5, 5.41) is 3.13. The minimum atomic E-state index is -0.394. The maximum Gasteiger partial charge on any atom is 0.337 e. The van der Waals surface area contributed by atoms with Crippen LogP contribution in [0.3, 0.4) is 0 Å². The molecule has 1 aromatic carbocycles. The highest BCUT2D eigenvalue weighted by atomic mass is 16.5. The molecule has 0 spiro atoms. The second-order valence-corrected chi connectivity index (χ2v) is 5.94. The van der Waals surface area contributed by atoms with Gasteiger partial charge in [-0.15, -0.1) is 0 Å². The van der Waals surface area contributed by atoms with Gasteiger partial charge in [0, 0.05) is 18.1 Å². The first-order valence-corrected chi connectivity index (χ1v) is 8.38. The predicted octanol–water partition coefficient (Wildman–Crippen LogP) is 3.63. The Kier molecular flexibility index (Phi) is 4.25. The van der Waals surface area contributed by atoms with E-state index >= 15 is 0 Å². The largest absolute Gasteiger partial charge is 0.465 e. The number of hydrogen-bond donors (Lipinski definition) is 1. The summed E-state index contributed by atoms with van der Waals surface area (Å²) < 4.78 is 6.76. The van der Waals surface area contributed by atoms with Gasteiger partial charge >= 0.3 is 5.97 Å². The average molecular weight is 359 g/mol. The third kappa shape index (κ3) is 3.22. The van der Waals surface area contributed by atoms with E-state index < -0.39 is 5.97 Å². The molecule has 0 atom stereocenters. The minimum absolute atomic E-state index is 0.394. The van der Waals surface area contributed by atoms with Crippen LogP contribution in [0.15, 0.2) is 60.9 Å².